The van der Waals surface area contributed by atoms with Gasteiger partial charge in [0.2, 0.25) is 5.89 Å². The minimum Gasteiger partial charge on any atom is -0.340 e. The van der Waals surface area contributed by atoms with Crippen molar-refractivity contribution in [2.75, 3.05) is 0 Å². The average molecular weight is 438 g/mol. The Balaban J connectivity index is 1.45. The summed E-state index contributed by atoms with van der Waals surface area (Å²) >= 11 is 0. The van der Waals surface area contributed by atoms with Gasteiger partial charge in [-0.1, -0.05) is 31.1 Å². The lowest BCUT2D eigenvalue weighted by Gasteiger charge is -2.18. The molecule has 0 radical (unpaired) electrons. The number of amides is 1. The highest BCUT2D eigenvalue weighted by Crippen LogP contribution is 2.38. The Morgan fingerprint density at radius 1 is 1.28 bits per heavy atom. The Kier molecular flexibility index (Phi) is 5.77. The minimum absolute atomic E-state index is 0.0339. The van der Waals surface area contributed by atoms with Gasteiger partial charge in [0.25, 0.3) is 5.91 Å². The zero-order chi connectivity index (χ0) is 23.0. The van der Waals surface area contributed by atoms with Crippen LogP contribution in [0.25, 0.3) is 0 Å². The number of benzene rings is 1. The fourth-order valence-electron chi connectivity index (χ4n) is 3.66. The van der Waals surface area contributed by atoms with Gasteiger partial charge in [-0.05, 0) is 50.3 Å². The molecule has 1 fully saturated rings. The van der Waals surface area contributed by atoms with Crippen molar-refractivity contribution in [2.24, 2.45) is 5.92 Å². The van der Waals surface area contributed by atoms with Crippen LogP contribution < -0.4 is 5.32 Å². The summed E-state index contributed by atoms with van der Waals surface area (Å²) < 4.78 is 7.02. The highest BCUT2D eigenvalue weighted by molar-refractivity contribution is 5.94. The topological polar surface area (TPSA) is 129 Å². The fraction of sp³-hybridized carbons (Fsp3) is 0.455. The van der Waals surface area contributed by atoms with Crippen LogP contribution in [0.2, 0.25) is 0 Å². The molecule has 1 saturated carbocycles. The minimum atomic E-state index is -0.413. The largest absolute Gasteiger partial charge is 0.340 e. The summed E-state index contributed by atoms with van der Waals surface area (Å²) in [6.45, 7) is 7.66. The van der Waals surface area contributed by atoms with Crippen molar-refractivity contribution >= 4 is 11.6 Å². The number of rotatable bonds is 8. The number of nitro groups is 1. The van der Waals surface area contributed by atoms with Crippen molar-refractivity contribution in [3.8, 4) is 0 Å². The third-order valence-corrected chi connectivity index (χ3v) is 5.69. The predicted octanol–water partition coefficient (Wildman–Crippen LogP) is 3.84. The van der Waals surface area contributed by atoms with E-state index in [0.29, 0.717) is 41.1 Å². The lowest BCUT2D eigenvalue weighted by Crippen LogP contribution is -2.32. The van der Waals surface area contributed by atoms with Crippen LogP contribution in [0.4, 0.5) is 5.69 Å². The summed E-state index contributed by atoms with van der Waals surface area (Å²) in [7, 11) is 0. The fourth-order valence-corrected chi connectivity index (χ4v) is 3.66. The van der Waals surface area contributed by atoms with E-state index < -0.39 is 4.92 Å². The van der Waals surface area contributed by atoms with Gasteiger partial charge in [-0.2, -0.15) is 10.1 Å². The molecule has 10 nitrogen and oxygen atoms in total. The maximum atomic E-state index is 12.8. The van der Waals surface area contributed by atoms with E-state index in [4.69, 9.17) is 4.52 Å². The van der Waals surface area contributed by atoms with E-state index >= 15 is 0 Å². The van der Waals surface area contributed by atoms with Crippen molar-refractivity contribution in [1.82, 2.24) is 25.2 Å². The van der Waals surface area contributed by atoms with Crippen LogP contribution in [-0.2, 0) is 6.54 Å². The molecule has 4 rings (SSSR count). The number of hydrogen-bond donors (Lipinski definition) is 1. The summed E-state index contributed by atoms with van der Waals surface area (Å²) in [6, 6.07) is 6.72. The first-order valence-electron chi connectivity index (χ1n) is 10.7. The molecule has 0 aliphatic heterocycles. The zero-order valence-corrected chi connectivity index (χ0v) is 18.5. The molecule has 1 aliphatic rings. The van der Waals surface area contributed by atoms with Crippen LogP contribution in [0.3, 0.4) is 0 Å². The molecule has 1 unspecified atom stereocenters. The van der Waals surface area contributed by atoms with Gasteiger partial charge < -0.3 is 9.84 Å². The smallest absolute Gasteiger partial charge is 0.312 e. The second-order valence-electron chi connectivity index (χ2n) is 8.59. The molecule has 0 bridgehead atoms. The summed E-state index contributed by atoms with van der Waals surface area (Å²) in [5.41, 5.74) is 2.30. The normalized spacial score (nSPS) is 14.5. The molecule has 1 aromatic carbocycles. The van der Waals surface area contributed by atoms with Gasteiger partial charge in [0.05, 0.1) is 11.5 Å². The lowest BCUT2D eigenvalue weighted by molar-refractivity contribution is -0.386. The first-order valence-corrected chi connectivity index (χ1v) is 10.7. The standard InChI is InChI=1S/C22H26N6O4/c1-12(2)18(22-24-20(26-32-22)16-9-10-16)23-21(29)17-7-5-15(6-8-17)11-27-14(4)19(28(30)31)13(3)25-27/h5-8,12,16,18H,9-11H2,1-4H3,(H,23,29). The number of aryl methyl sites for hydroxylation is 1. The number of hydrogen-bond acceptors (Lipinski definition) is 7. The van der Waals surface area contributed by atoms with Gasteiger partial charge in [0.1, 0.15) is 17.4 Å². The monoisotopic (exact) mass is 438 g/mol. The van der Waals surface area contributed by atoms with E-state index in [0.717, 1.165) is 18.4 Å². The van der Waals surface area contributed by atoms with E-state index in [2.05, 4.69) is 20.6 Å². The molecule has 0 spiro atoms. The highest BCUT2D eigenvalue weighted by Gasteiger charge is 2.31. The highest BCUT2D eigenvalue weighted by atomic mass is 16.6. The van der Waals surface area contributed by atoms with E-state index in [1.165, 1.54) is 0 Å². The quantitative estimate of drug-likeness (QED) is 0.418. The third kappa shape index (κ3) is 4.39. The number of carbonyl (C=O) groups excluding carboxylic acids is 1. The molecule has 0 saturated heterocycles. The van der Waals surface area contributed by atoms with Crippen molar-refractivity contribution < 1.29 is 14.2 Å². The second kappa shape index (κ2) is 8.52. The molecule has 32 heavy (non-hydrogen) atoms. The summed E-state index contributed by atoms with van der Waals surface area (Å²) in [6.07, 6.45) is 2.16. The number of aromatic nitrogens is 4. The van der Waals surface area contributed by atoms with E-state index in [-0.39, 0.29) is 23.6 Å². The molecular weight excluding hydrogens is 412 g/mol. The molecule has 1 N–H and O–H groups in total. The van der Waals surface area contributed by atoms with Crippen LogP contribution in [0.15, 0.2) is 28.8 Å². The molecule has 2 aromatic heterocycles. The van der Waals surface area contributed by atoms with Crippen LogP contribution in [0.5, 0.6) is 0 Å². The van der Waals surface area contributed by atoms with E-state index in [1.807, 2.05) is 26.0 Å². The Hall–Kier alpha value is -3.56. The zero-order valence-electron chi connectivity index (χ0n) is 18.5. The van der Waals surface area contributed by atoms with Gasteiger partial charge in [-0.25, -0.2) is 0 Å². The predicted molar refractivity (Wildman–Crippen MR) is 115 cm³/mol. The first kappa shape index (κ1) is 21.7. The van der Waals surface area contributed by atoms with Crippen molar-refractivity contribution in [1.29, 1.82) is 0 Å². The van der Waals surface area contributed by atoms with E-state index in [9.17, 15) is 14.9 Å². The van der Waals surface area contributed by atoms with Gasteiger partial charge >= 0.3 is 5.69 Å². The van der Waals surface area contributed by atoms with Gasteiger partial charge in [-0.3, -0.25) is 19.6 Å². The second-order valence-corrected chi connectivity index (χ2v) is 8.59. The number of nitrogens with zero attached hydrogens (tertiary/aromatic N) is 5. The maximum absolute atomic E-state index is 12.8. The summed E-state index contributed by atoms with van der Waals surface area (Å²) in [4.78, 5) is 28.1. The Morgan fingerprint density at radius 2 is 1.97 bits per heavy atom. The van der Waals surface area contributed by atoms with Gasteiger partial charge in [0, 0.05) is 11.5 Å². The van der Waals surface area contributed by atoms with Crippen molar-refractivity contribution in [3.63, 3.8) is 0 Å². The summed E-state index contributed by atoms with van der Waals surface area (Å²) in [5, 5.41) is 22.5. The maximum Gasteiger partial charge on any atom is 0.312 e. The average Bonchev–Trinajstić information content (AvgIpc) is 3.41. The molecule has 10 heteroatoms. The van der Waals surface area contributed by atoms with Crippen molar-refractivity contribution in [2.45, 2.75) is 59.0 Å². The molecular formula is C22H26N6O4. The van der Waals surface area contributed by atoms with Crippen LogP contribution >= 0.6 is 0 Å². The molecule has 168 valence electrons. The number of carbonyl (C=O) groups is 1. The van der Waals surface area contributed by atoms with Crippen molar-refractivity contribution in [3.05, 3.63) is 68.6 Å². The first-order chi connectivity index (χ1) is 15.2. The number of nitrogens with one attached hydrogen (secondary N) is 1. The molecule has 3 aromatic rings. The Morgan fingerprint density at radius 3 is 2.53 bits per heavy atom. The molecule has 1 atom stereocenters. The molecule has 1 aliphatic carbocycles. The molecule has 2 heterocycles. The van der Waals surface area contributed by atoms with Gasteiger partial charge in [0.15, 0.2) is 5.82 Å². The Bertz CT molecular complexity index is 1140. The van der Waals surface area contributed by atoms with Crippen LogP contribution in [0, 0.1) is 29.9 Å². The third-order valence-electron chi connectivity index (χ3n) is 5.69. The Labute approximate surface area is 185 Å². The summed E-state index contributed by atoms with van der Waals surface area (Å²) in [5.74, 6) is 1.37. The van der Waals surface area contributed by atoms with Crippen LogP contribution in [0.1, 0.15) is 77.7 Å². The van der Waals surface area contributed by atoms with Crippen LogP contribution in [-0.4, -0.2) is 30.8 Å². The van der Waals surface area contributed by atoms with E-state index in [1.54, 1.807) is 30.7 Å². The molecule has 1 amide bonds. The lowest BCUT2D eigenvalue weighted by atomic mass is 10.0. The van der Waals surface area contributed by atoms with Gasteiger partial charge in [-0.15, -0.1) is 0 Å². The SMILES string of the molecule is Cc1nn(Cc2ccc(C(=O)NC(c3nc(C4CC4)no3)C(C)C)cc2)c(C)c1[N+](=O)[O-].